The van der Waals surface area contributed by atoms with E-state index in [1.807, 2.05) is 36.4 Å². The van der Waals surface area contributed by atoms with E-state index in [4.69, 9.17) is 11.5 Å². The lowest BCUT2D eigenvalue weighted by atomic mass is 9.88. The van der Waals surface area contributed by atoms with Gasteiger partial charge in [0, 0.05) is 22.6 Å². The second-order valence-electron chi connectivity index (χ2n) is 7.08. The highest BCUT2D eigenvalue weighted by molar-refractivity contribution is 5.89. The van der Waals surface area contributed by atoms with Gasteiger partial charge in [-0.1, -0.05) is 24.3 Å². The smallest absolute Gasteiger partial charge is 0.220 e. The van der Waals surface area contributed by atoms with Gasteiger partial charge in [0.1, 0.15) is 0 Å². The fourth-order valence-electron chi connectivity index (χ4n) is 3.89. The molecule has 6 heteroatoms. The quantitative estimate of drug-likeness (QED) is 0.633. The van der Waals surface area contributed by atoms with Crippen molar-refractivity contribution >= 4 is 22.5 Å². The van der Waals surface area contributed by atoms with E-state index in [-0.39, 0.29) is 17.9 Å². The van der Waals surface area contributed by atoms with Gasteiger partial charge in [0.25, 0.3) is 0 Å². The summed E-state index contributed by atoms with van der Waals surface area (Å²) in [6, 6.07) is 14.1. The summed E-state index contributed by atoms with van der Waals surface area (Å²) in [5.41, 5.74) is 16.5. The maximum absolute atomic E-state index is 11.7. The van der Waals surface area contributed by atoms with E-state index in [2.05, 4.69) is 28.2 Å². The van der Waals surface area contributed by atoms with Gasteiger partial charge < -0.3 is 11.5 Å². The molecule has 1 saturated heterocycles. The molecule has 1 aliphatic heterocycles. The summed E-state index contributed by atoms with van der Waals surface area (Å²) in [6.45, 7) is 0.837. The van der Waals surface area contributed by atoms with Crippen LogP contribution in [-0.4, -0.2) is 34.6 Å². The molecule has 0 radical (unpaired) electrons. The minimum Gasteiger partial charge on any atom is -0.398 e. The number of H-pyrrole nitrogens is 1. The van der Waals surface area contributed by atoms with E-state index in [1.165, 1.54) is 0 Å². The minimum atomic E-state index is -0.218. The Kier molecular flexibility index (Phi) is 4.12. The number of nitrogen functional groups attached to an aromatic ring is 1. The Bertz CT molecular complexity index is 964. The van der Waals surface area contributed by atoms with Crippen molar-refractivity contribution in [2.24, 2.45) is 11.7 Å². The number of rotatable bonds is 3. The van der Waals surface area contributed by atoms with Gasteiger partial charge >= 0.3 is 0 Å². The van der Waals surface area contributed by atoms with Gasteiger partial charge in [0.2, 0.25) is 5.91 Å². The molecule has 0 aliphatic carbocycles. The Hall–Kier alpha value is -2.86. The molecule has 0 spiro atoms. The second kappa shape index (κ2) is 6.46. The first-order valence-electron chi connectivity index (χ1n) is 8.87. The van der Waals surface area contributed by atoms with Gasteiger partial charge in [-0.2, -0.15) is 5.10 Å². The highest BCUT2D eigenvalue weighted by atomic mass is 16.1. The summed E-state index contributed by atoms with van der Waals surface area (Å²) >= 11 is 0. The molecule has 1 amide bonds. The summed E-state index contributed by atoms with van der Waals surface area (Å²) in [7, 11) is 2.08. The molecule has 2 atom stereocenters. The van der Waals surface area contributed by atoms with Crippen molar-refractivity contribution in [3.63, 3.8) is 0 Å². The third-order valence-electron chi connectivity index (χ3n) is 5.46. The average Bonchev–Trinajstić information content (AvgIpc) is 3.05. The minimum absolute atomic E-state index is 0.0922. The first-order chi connectivity index (χ1) is 12.5. The monoisotopic (exact) mass is 349 g/mol. The van der Waals surface area contributed by atoms with Crippen molar-refractivity contribution in [3.05, 3.63) is 48.2 Å². The van der Waals surface area contributed by atoms with Crippen LogP contribution in [0.5, 0.6) is 0 Å². The zero-order valence-corrected chi connectivity index (χ0v) is 14.8. The van der Waals surface area contributed by atoms with Crippen molar-refractivity contribution in [1.29, 1.82) is 0 Å². The molecule has 1 aliphatic rings. The van der Waals surface area contributed by atoms with E-state index in [9.17, 15) is 4.79 Å². The number of benzene rings is 2. The van der Waals surface area contributed by atoms with Crippen LogP contribution in [0.1, 0.15) is 24.6 Å². The molecular weight excluding hydrogens is 326 g/mol. The number of hydrogen-bond acceptors (Lipinski definition) is 4. The fourth-order valence-corrected chi connectivity index (χ4v) is 3.89. The van der Waals surface area contributed by atoms with Gasteiger partial charge in [-0.3, -0.25) is 14.8 Å². The Morgan fingerprint density at radius 1 is 1.27 bits per heavy atom. The molecule has 3 aromatic rings. The number of anilines is 1. The number of amides is 1. The van der Waals surface area contributed by atoms with Gasteiger partial charge in [-0.15, -0.1) is 0 Å². The van der Waals surface area contributed by atoms with Gasteiger partial charge in [0.15, 0.2) is 0 Å². The van der Waals surface area contributed by atoms with Crippen molar-refractivity contribution in [2.75, 3.05) is 19.3 Å². The lowest BCUT2D eigenvalue weighted by Crippen LogP contribution is -2.39. The number of nitrogens with zero attached hydrogens (tertiary/aromatic N) is 2. The number of likely N-dealkylation sites (tertiary alicyclic amines) is 1. The third-order valence-corrected chi connectivity index (χ3v) is 5.46. The number of primary amides is 1. The number of fused-ring (bicyclic) bond motifs is 1. The van der Waals surface area contributed by atoms with E-state index in [0.717, 1.165) is 46.4 Å². The number of carbonyl (C=O) groups is 1. The van der Waals surface area contributed by atoms with Crippen LogP contribution in [0.4, 0.5) is 5.69 Å². The van der Waals surface area contributed by atoms with E-state index < -0.39 is 0 Å². The highest BCUT2D eigenvalue weighted by Gasteiger charge is 2.32. The predicted octanol–water partition coefficient (Wildman–Crippen LogP) is 2.68. The van der Waals surface area contributed by atoms with Crippen molar-refractivity contribution in [2.45, 2.75) is 18.9 Å². The number of aromatic amines is 1. The molecule has 2 heterocycles. The zero-order chi connectivity index (χ0) is 18.3. The number of para-hydroxylation sites is 1. The SMILES string of the molecule is CN1CCC(C(N)=O)CC1c1[nH]nc2ccc(-c3ccccc3N)cc12. The summed E-state index contributed by atoms with van der Waals surface area (Å²) in [5, 5.41) is 8.71. The fraction of sp³-hybridized carbons (Fsp3) is 0.300. The number of aromatic nitrogens is 2. The molecule has 4 rings (SSSR count). The molecule has 26 heavy (non-hydrogen) atoms. The summed E-state index contributed by atoms with van der Waals surface area (Å²) < 4.78 is 0. The molecule has 0 bridgehead atoms. The lowest BCUT2D eigenvalue weighted by Gasteiger charge is -2.35. The van der Waals surface area contributed by atoms with Crippen LogP contribution in [0.3, 0.4) is 0 Å². The van der Waals surface area contributed by atoms with Crippen LogP contribution in [-0.2, 0) is 4.79 Å². The third kappa shape index (κ3) is 2.82. The lowest BCUT2D eigenvalue weighted by molar-refractivity contribution is -0.123. The maximum atomic E-state index is 11.7. The van der Waals surface area contributed by atoms with Crippen LogP contribution < -0.4 is 11.5 Å². The average molecular weight is 349 g/mol. The first kappa shape index (κ1) is 16.6. The summed E-state index contributed by atoms with van der Waals surface area (Å²) in [4.78, 5) is 13.9. The van der Waals surface area contributed by atoms with Crippen molar-refractivity contribution < 1.29 is 4.79 Å². The molecule has 2 unspecified atom stereocenters. The molecule has 0 saturated carbocycles. The Morgan fingerprint density at radius 2 is 2.08 bits per heavy atom. The second-order valence-corrected chi connectivity index (χ2v) is 7.08. The number of hydrogen-bond donors (Lipinski definition) is 3. The number of piperidine rings is 1. The molecule has 2 aromatic carbocycles. The van der Waals surface area contributed by atoms with Crippen molar-refractivity contribution in [1.82, 2.24) is 15.1 Å². The Balaban J connectivity index is 1.77. The van der Waals surface area contributed by atoms with Crippen LogP contribution in [0.2, 0.25) is 0 Å². The van der Waals surface area contributed by atoms with Crippen LogP contribution in [0, 0.1) is 5.92 Å². The van der Waals surface area contributed by atoms with Gasteiger partial charge in [-0.05, 0) is 50.2 Å². The maximum Gasteiger partial charge on any atom is 0.220 e. The van der Waals surface area contributed by atoms with Crippen LogP contribution in [0.15, 0.2) is 42.5 Å². The predicted molar refractivity (Wildman–Crippen MR) is 103 cm³/mol. The van der Waals surface area contributed by atoms with Crippen LogP contribution >= 0.6 is 0 Å². The molecule has 5 N–H and O–H groups in total. The summed E-state index contributed by atoms with van der Waals surface area (Å²) in [6.07, 6.45) is 1.51. The van der Waals surface area contributed by atoms with E-state index >= 15 is 0 Å². The molecule has 134 valence electrons. The van der Waals surface area contributed by atoms with Gasteiger partial charge in [0.05, 0.1) is 17.3 Å². The highest BCUT2D eigenvalue weighted by Crippen LogP contribution is 2.37. The number of nitrogens with two attached hydrogens (primary N) is 2. The number of carbonyl (C=O) groups excluding carboxylic acids is 1. The first-order valence-corrected chi connectivity index (χ1v) is 8.87. The molecule has 1 aromatic heterocycles. The Morgan fingerprint density at radius 3 is 2.85 bits per heavy atom. The summed E-state index contributed by atoms with van der Waals surface area (Å²) in [5.74, 6) is -0.313. The molecule has 1 fully saturated rings. The van der Waals surface area contributed by atoms with Crippen molar-refractivity contribution in [3.8, 4) is 11.1 Å². The normalized spacial score (nSPS) is 21.1. The van der Waals surface area contributed by atoms with Crippen LogP contribution in [0.25, 0.3) is 22.0 Å². The van der Waals surface area contributed by atoms with Gasteiger partial charge in [-0.25, -0.2) is 0 Å². The largest absolute Gasteiger partial charge is 0.398 e. The topological polar surface area (TPSA) is 101 Å². The van der Waals surface area contributed by atoms with E-state index in [1.54, 1.807) is 0 Å². The number of nitrogens with one attached hydrogen (secondary N) is 1. The standard InChI is InChI=1S/C20H23N5O/c1-25-9-8-13(20(22)26)11-18(25)19-15-10-12(6-7-17(15)23-24-19)14-4-2-3-5-16(14)21/h2-7,10,13,18H,8-9,11,21H2,1H3,(H2,22,26)(H,23,24). The molecule has 6 nitrogen and oxygen atoms in total. The Labute approximate surface area is 152 Å². The molecular formula is C20H23N5O. The van der Waals surface area contributed by atoms with E-state index in [0.29, 0.717) is 6.42 Å². The zero-order valence-electron chi connectivity index (χ0n) is 14.8.